The third kappa shape index (κ3) is 5.67. The average Bonchev–Trinajstić information content (AvgIpc) is 2.36. The highest BCUT2D eigenvalue weighted by Gasteiger charge is 2.18. The topological polar surface area (TPSA) is 104 Å². The maximum atomic E-state index is 11.5. The third-order valence-corrected chi connectivity index (χ3v) is 2.48. The number of hydrogen-bond acceptors (Lipinski definition) is 3. The lowest BCUT2D eigenvalue weighted by Gasteiger charge is -2.17. The molecule has 0 aromatic heterocycles. The SMILES string of the molecule is O=C(O)CCC(=O)N[C@H](CC(=O)O)c1ccccc1. The van der Waals surface area contributed by atoms with Crippen LogP contribution in [0.5, 0.6) is 0 Å². The lowest BCUT2D eigenvalue weighted by molar-refractivity contribution is -0.140. The molecule has 0 heterocycles. The zero-order chi connectivity index (χ0) is 14.3. The van der Waals surface area contributed by atoms with Gasteiger partial charge in [0.1, 0.15) is 0 Å². The van der Waals surface area contributed by atoms with Crippen molar-refractivity contribution in [1.82, 2.24) is 5.32 Å². The van der Waals surface area contributed by atoms with Gasteiger partial charge in [0.25, 0.3) is 0 Å². The van der Waals surface area contributed by atoms with Gasteiger partial charge in [0.2, 0.25) is 5.91 Å². The predicted octanol–water partition coefficient (Wildman–Crippen LogP) is 1.18. The van der Waals surface area contributed by atoms with Crippen LogP contribution in [0.1, 0.15) is 30.9 Å². The number of carbonyl (C=O) groups excluding carboxylic acids is 1. The van der Waals surface area contributed by atoms with Gasteiger partial charge in [0, 0.05) is 6.42 Å². The molecule has 0 radical (unpaired) electrons. The Morgan fingerprint density at radius 2 is 1.63 bits per heavy atom. The van der Waals surface area contributed by atoms with E-state index in [1.165, 1.54) is 0 Å². The molecule has 3 N–H and O–H groups in total. The molecule has 0 saturated carbocycles. The molecule has 0 aliphatic heterocycles. The van der Waals surface area contributed by atoms with Crippen molar-refractivity contribution < 1.29 is 24.6 Å². The first-order valence-corrected chi connectivity index (χ1v) is 5.77. The number of rotatable bonds is 7. The molecule has 1 aromatic carbocycles. The molecule has 6 heteroatoms. The number of carbonyl (C=O) groups is 3. The number of carboxylic acid groups (broad SMARTS) is 2. The van der Waals surface area contributed by atoms with Gasteiger partial charge in [0.05, 0.1) is 18.9 Å². The second kappa shape index (κ2) is 7.15. The molecular formula is C13H15NO5. The standard InChI is InChI=1S/C13H15NO5/c15-11(6-7-12(16)17)14-10(8-13(18)19)9-4-2-1-3-5-9/h1-5,10H,6-8H2,(H,14,15)(H,16,17)(H,18,19)/t10-/m1/s1. The van der Waals surface area contributed by atoms with Crippen LogP contribution in [-0.2, 0) is 14.4 Å². The van der Waals surface area contributed by atoms with E-state index in [0.717, 1.165) is 0 Å². The van der Waals surface area contributed by atoms with Crippen molar-refractivity contribution >= 4 is 17.8 Å². The Bertz CT molecular complexity index is 457. The van der Waals surface area contributed by atoms with E-state index in [1.54, 1.807) is 30.3 Å². The van der Waals surface area contributed by atoms with Crippen LogP contribution in [0.15, 0.2) is 30.3 Å². The summed E-state index contributed by atoms with van der Waals surface area (Å²) in [4.78, 5) is 32.7. The number of nitrogens with one attached hydrogen (secondary N) is 1. The minimum Gasteiger partial charge on any atom is -0.481 e. The fraction of sp³-hybridized carbons (Fsp3) is 0.308. The molecule has 19 heavy (non-hydrogen) atoms. The maximum Gasteiger partial charge on any atom is 0.305 e. The van der Waals surface area contributed by atoms with E-state index >= 15 is 0 Å². The molecule has 0 fully saturated rings. The Morgan fingerprint density at radius 3 is 2.16 bits per heavy atom. The van der Waals surface area contributed by atoms with E-state index in [0.29, 0.717) is 5.56 Å². The zero-order valence-corrected chi connectivity index (χ0v) is 10.2. The molecule has 1 rings (SSSR count). The minimum atomic E-state index is -1.07. The Hall–Kier alpha value is -2.37. The van der Waals surface area contributed by atoms with Gasteiger partial charge < -0.3 is 15.5 Å². The number of benzene rings is 1. The first kappa shape index (κ1) is 14.7. The van der Waals surface area contributed by atoms with Crippen LogP contribution in [-0.4, -0.2) is 28.1 Å². The van der Waals surface area contributed by atoms with Gasteiger partial charge >= 0.3 is 11.9 Å². The smallest absolute Gasteiger partial charge is 0.305 e. The Labute approximate surface area is 110 Å². The van der Waals surface area contributed by atoms with E-state index in [-0.39, 0.29) is 19.3 Å². The normalized spacial score (nSPS) is 11.6. The summed E-state index contributed by atoms with van der Waals surface area (Å²) < 4.78 is 0. The highest BCUT2D eigenvalue weighted by molar-refractivity contribution is 5.81. The van der Waals surface area contributed by atoms with Gasteiger partial charge in [-0.15, -0.1) is 0 Å². The van der Waals surface area contributed by atoms with Crippen LogP contribution in [0.4, 0.5) is 0 Å². The molecule has 0 aliphatic carbocycles. The molecule has 1 atom stereocenters. The van der Waals surface area contributed by atoms with Gasteiger partial charge in [-0.1, -0.05) is 30.3 Å². The summed E-state index contributed by atoms with van der Waals surface area (Å²) >= 11 is 0. The molecule has 0 aliphatic rings. The van der Waals surface area contributed by atoms with E-state index in [1.807, 2.05) is 0 Å². The van der Waals surface area contributed by atoms with Gasteiger partial charge in [-0.2, -0.15) is 0 Å². The van der Waals surface area contributed by atoms with Gasteiger partial charge in [-0.25, -0.2) is 0 Å². The number of hydrogen-bond donors (Lipinski definition) is 3. The molecule has 0 spiro atoms. The van der Waals surface area contributed by atoms with Gasteiger partial charge in [-0.3, -0.25) is 14.4 Å². The van der Waals surface area contributed by atoms with Crippen LogP contribution in [0, 0.1) is 0 Å². The summed E-state index contributed by atoms with van der Waals surface area (Å²) in [7, 11) is 0. The molecule has 1 amide bonds. The van der Waals surface area contributed by atoms with Crippen LogP contribution in [0.3, 0.4) is 0 Å². The lowest BCUT2D eigenvalue weighted by atomic mass is 10.0. The fourth-order valence-corrected chi connectivity index (χ4v) is 1.60. The van der Waals surface area contributed by atoms with Crippen molar-refractivity contribution in [1.29, 1.82) is 0 Å². The summed E-state index contributed by atoms with van der Waals surface area (Å²) in [6.45, 7) is 0. The predicted molar refractivity (Wildman–Crippen MR) is 66.4 cm³/mol. The second-order valence-electron chi connectivity index (χ2n) is 4.02. The van der Waals surface area contributed by atoms with E-state index in [2.05, 4.69) is 5.32 Å². The van der Waals surface area contributed by atoms with Crippen LogP contribution < -0.4 is 5.32 Å². The van der Waals surface area contributed by atoms with Crippen molar-refractivity contribution in [2.75, 3.05) is 0 Å². The molecule has 6 nitrogen and oxygen atoms in total. The number of aliphatic carboxylic acids is 2. The van der Waals surface area contributed by atoms with Crippen LogP contribution in [0.2, 0.25) is 0 Å². The summed E-state index contributed by atoms with van der Waals surface area (Å²) in [5, 5.41) is 19.9. The Kier molecular flexibility index (Phi) is 5.53. The Morgan fingerprint density at radius 1 is 1.00 bits per heavy atom. The monoisotopic (exact) mass is 265 g/mol. The Balaban J connectivity index is 2.67. The molecule has 0 unspecified atom stereocenters. The largest absolute Gasteiger partial charge is 0.481 e. The second-order valence-corrected chi connectivity index (χ2v) is 4.02. The molecular weight excluding hydrogens is 250 g/mol. The van der Waals surface area contributed by atoms with Gasteiger partial charge in [-0.05, 0) is 5.56 Å². The van der Waals surface area contributed by atoms with E-state index in [4.69, 9.17) is 10.2 Å². The third-order valence-electron chi connectivity index (χ3n) is 2.48. The maximum absolute atomic E-state index is 11.5. The number of carboxylic acids is 2. The van der Waals surface area contributed by atoms with Crippen molar-refractivity contribution in [2.45, 2.75) is 25.3 Å². The van der Waals surface area contributed by atoms with E-state index in [9.17, 15) is 14.4 Å². The molecule has 1 aromatic rings. The number of amides is 1. The quantitative estimate of drug-likeness (QED) is 0.686. The molecule has 0 saturated heterocycles. The highest BCUT2D eigenvalue weighted by atomic mass is 16.4. The summed E-state index contributed by atoms with van der Waals surface area (Å²) in [5.41, 5.74) is 0.675. The van der Waals surface area contributed by atoms with Crippen molar-refractivity contribution in [2.24, 2.45) is 0 Å². The van der Waals surface area contributed by atoms with Crippen molar-refractivity contribution in [3.8, 4) is 0 Å². The van der Waals surface area contributed by atoms with Crippen molar-refractivity contribution in [3.63, 3.8) is 0 Å². The van der Waals surface area contributed by atoms with E-state index < -0.39 is 23.9 Å². The summed E-state index contributed by atoms with van der Waals surface area (Å²) in [6, 6.07) is 8.05. The molecule has 102 valence electrons. The highest BCUT2D eigenvalue weighted by Crippen LogP contribution is 2.16. The summed E-state index contributed by atoms with van der Waals surface area (Å²) in [5.74, 6) is -2.57. The zero-order valence-electron chi connectivity index (χ0n) is 10.2. The minimum absolute atomic E-state index is 0.168. The van der Waals surface area contributed by atoms with Crippen LogP contribution >= 0.6 is 0 Å². The lowest BCUT2D eigenvalue weighted by Crippen LogP contribution is -2.30. The molecule has 0 bridgehead atoms. The summed E-state index contributed by atoms with van der Waals surface area (Å²) in [6.07, 6.45) is -0.693. The first-order valence-electron chi connectivity index (χ1n) is 5.77. The van der Waals surface area contributed by atoms with Gasteiger partial charge in [0.15, 0.2) is 0 Å². The van der Waals surface area contributed by atoms with Crippen molar-refractivity contribution in [3.05, 3.63) is 35.9 Å². The fourth-order valence-electron chi connectivity index (χ4n) is 1.60. The van der Waals surface area contributed by atoms with Crippen LogP contribution in [0.25, 0.3) is 0 Å². The average molecular weight is 265 g/mol. The first-order chi connectivity index (χ1) is 8.99.